The van der Waals surface area contributed by atoms with Crippen LogP contribution in [0.4, 0.5) is 0 Å². The van der Waals surface area contributed by atoms with E-state index in [4.69, 9.17) is 0 Å². The van der Waals surface area contributed by atoms with E-state index < -0.39 is 5.54 Å². The average Bonchev–Trinajstić information content (AvgIpc) is 2.19. The van der Waals surface area contributed by atoms with Crippen molar-refractivity contribution < 1.29 is 4.79 Å². The molecular formula is C12H17NO. The van der Waals surface area contributed by atoms with Crippen molar-refractivity contribution >= 4 is 6.29 Å². The highest BCUT2D eigenvalue weighted by molar-refractivity contribution is 5.64. The van der Waals surface area contributed by atoms with Gasteiger partial charge in [-0.2, -0.15) is 0 Å². The minimum atomic E-state index is -0.401. The van der Waals surface area contributed by atoms with Gasteiger partial charge in [0.25, 0.3) is 0 Å². The van der Waals surface area contributed by atoms with Crippen LogP contribution in [0.3, 0.4) is 0 Å². The predicted molar refractivity (Wildman–Crippen MR) is 58.3 cm³/mol. The maximum absolute atomic E-state index is 11.0. The molecule has 0 bridgehead atoms. The molecule has 1 unspecified atom stereocenters. The Morgan fingerprint density at radius 3 is 2.29 bits per heavy atom. The summed E-state index contributed by atoms with van der Waals surface area (Å²) < 4.78 is 0. The highest BCUT2D eigenvalue weighted by Crippen LogP contribution is 2.15. The minimum Gasteiger partial charge on any atom is -0.301 e. The predicted octanol–water partition coefficient (Wildman–Crippen LogP) is 1.75. The lowest BCUT2D eigenvalue weighted by Crippen LogP contribution is -2.44. The third-order valence-electron chi connectivity index (χ3n) is 2.68. The van der Waals surface area contributed by atoms with Crippen LogP contribution in [0.25, 0.3) is 0 Å². The molecule has 0 spiro atoms. The van der Waals surface area contributed by atoms with E-state index in [0.717, 1.165) is 12.7 Å². The molecular weight excluding hydrogens is 174 g/mol. The largest absolute Gasteiger partial charge is 0.301 e. The standard InChI is InChI=1S/C12H17NO/c1-12(10-14,13(2)3)9-11-7-5-4-6-8-11/h4-8,10H,9H2,1-3H3. The Morgan fingerprint density at radius 2 is 1.86 bits per heavy atom. The Bertz CT molecular complexity index is 294. The first-order valence-electron chi connectivity index (χ1n) is 4.76. The van der Waals surface area contributed by atoms with E-state index in [1.54, 1.807) is 0 Å². The monoisotopic (exact) mass is 191 g/mol. The van der Waals surface area contributed by atoms with Gasteiger partial charge in [-0.1, -0.05) is 30.3 Å². The van der Waals surface area contributed by atoms with Crippen molar-refractivity contribution in [3.05, 3.63) is 35.9 Å². The fourth-order valence-corrected chi connectivity index (χ4v) is 1.31. The molecule has 1 atom stereocenters. The van der Waals surface area contributed by atoms with Gasteiger partial charge >= 0.3 is 0 Å². The molecule has 0 saturated heterocycles. The summed E-state index contributed by atoms with van der Waals surface area (Å²) in [7, 11) is 3.86. The molecule has 0 heterocycles. The Hall–Kier alpha value is -1.15. The third-order valence-corrected chi connectivity index (χ3v) is 2.68. The smallest absolute Gasteiger partial charge is 0.140 e. The van der Waals surface area contributed by atoms with Crippen molar-refractivity contribution in [2.75, 3.05) is 14.1 Å². The first-order chi connectivity index (χ1) is 6.58. The molecule has 2 heteroatoms. The lowest BCUT2D eigenvalue weighted by atomic mass is 9.93. The number of hydrogen-bond acceptors (Lipinski definition) is 2. The lowest BCUT2D eigenvalue weighted by Gasteiger charge is -2.30. The van der Waals surface area contributed by atoms with Crippen LogP contribution in [-0.4, -0.2) is 30.8 Å². The molecule has 14 heavy (non-hydrogen) atoms. The second-order valence-corrected chi connectivity index (χ2v) is 4.03. The summed E-state index contributed by atoms with van der Waals surface area (Å²) in [6.45, 7) is 1.95. The normalized spacial score (nSPS) is 15.1. The van der Waals surface area contributed by atoms with Crippen LogP contribution in [0, 0.1) is 0 Å². The Kier molecular flexibility index (Phi) is 3.42. The highest BCUT2D eigenvalue weighted by Gasteiger charge is 2.26. The molecule has 0 radical (unpaired) electrons. The van der Waals surface area contributed by atoms with E-state index in [1.165, 1.54) is 5.56 Å². The van der Waals surface area contributed by atoms with E-state index in [0.29, 0.717) is 0 Å². The summed E-state index contributed by atoms with van der Waals surface area (Å²) >= 11 is 0. The molecule has 76 valence electrons. The molecule has 0 aromatic heterocycles. The SMILES string of the molecule is CN(C)C(C)(C=O)Cc1ccccc1. The van der Waals surface area contributed by atoms with E-state index in [9.17, 15) is 4.79 Å². The summed E-state index contributed by atoms with van der Waals surface area (Å²) in [6.07, 6.45) is 1.77. The van der Waals surface area contributed by atoms with Gasteiger partial charge in [-0.15, -0.1) is 0 Å². The molecule has 0 aliphatic heterocycles. The summed E-state index contributed by atoms with van der Waals surface area (Å²) in [5.74, 6) is 0. The van der Waals surface area contributed by atoms with E-state index >= 15 is 0 Å². The summed E-state index contributed by atoms with van der Waals surface area (Å²) in [4.78, 5) is 13.0. The molecule has 0 amide bonds. The quantitative estimate of drug-likeness (QED) is 0.676. The second kappa shape index (κ2) is 4.38. The summed E-state index contributed by atoms with van der Waals surface area (Å²) in [5, 5.41) is 0. The van der Waals surface area contributed by atoms with Crippen molar-refractivity contribution in [3.63, 3.8) is 0 Å². The zero-order valence-corrected chi connectivity index (χ0v) is 9.03. The van der Waals surface area contributed by atoms with Crippen molar-refractivity contribution in [3.8, 4) is 0 Å². The first kappa shape index (κ1) is 10.9. The number of aldehydes is 1. The molecule has 0 N–H and O–H groups in total. The fourth-order valence-electron chi connectivity index (χ4n) is 1.31. The molecule has 0 aliphatic rings. The summed E-state index contributed by atoms with van der Waals surface area (Å²) in [5.41, 5.74) is 0.789. The minimum absolute atomic E-state index is 0.401. The fraction of sp³-hybridized carbons (Fsp3) is 0.417. The van der Waals surface area contributed by atoms with Crippen LogP contribution in [0.5, 0.6) is 0 Å². The zero-order chi connectivity index (χ0) is 10.6. The van der Waals surface area contributed by atoms with Crippen molar-refractivity contribution in [2.45, 2.75) is 18.9 Å². The number of rotatable bonds is 4. The molecule has 0 fully saturated rings. The second-order valence-electron chi connectivity index (χ2n) is 4.03. The zero-order valence-electron chi connectivity index (χ0n) is 9.03. The highest BCUT2D eigenvalue weighted by atomic mass is 16.1. The molecule has 1 aromatic carbocycles. The molecule has 2 nitrogen and oxygen atoms in total. The number of carbonyl (C=O) groups is 1. The van der Waals surface area contributed by atoms with Crippen LogP contribution in [0.1, 0.15) is 12.5 Å². The van der Waals surface area contributed by atoms with E-state index in [-0.39, 0.29) is 0 Å². The summed E-state index contributed by atoms with van der Waals surface area (Å²) in [6, 6.07) is 10.1. The van der Waals surface area contributed by atoms with Gasteiger partial charge < -0.3 is 4.79 Å². The van der Waals surface area contributed by atoms with Gasteiger partial charge in [0, 0.05) is 0 Å². The topological polar surface area (TPSA) is 20.3 Å². The molecule has 0 aliphatic carbocycles. The van der Waals surface area contributed by atoms with E-state index in [1.807, 2.05) is 56.3 Å². The Balaban J connectivity index is 2.81. The van der Waals surface area contributed by atoms with Crippen LogP contribution in [0.15, 0.2) is 30.3 Å². The van der Waals surface area contributed by atoms with Crippen LogP contribution >= 0.6 is 0 Å². The third kappa shape index (κ3) is 2.42. The van der Waals surface area contributed by atoms with Gasteiger partial charge in [0.1, 0.15) is 6.29 Å². The van der Waals surface area contributed by atoms with Crippen LogP contribution < -0.4 is 0 Å². The van der Waals surface area contributed by atoms with Gasteiger partial charge in [0.15, 0.2) is 0 Å². The number of benzene rings is 1. The van der Waals surface area contributed by atoms with Gasteiger partial charge in [-0.3, -0.25) is 4.90 Å². The van der Waals surface area contributed by atoms with Crippen molar-refractivity contribution in [1.82, 2.24) is 4.90 Å². The number of carbonyl (C=O) groups excluding carboxylic acids is 1. The number of likely N-dealkylation sites (N-methyl/N-ethyl adjacent to an activating group) is 1. The number of hydrogen-bond donors (Lipinski definition) is 0. The Labute approximate surface area is 85.5 Å². The van der Waals surface area contributed by atoms with Gasteiger partial charge in [-0.25, -0.2) is 0 Å². The molecule has 1 aromatic rings. The molecule has 0 saturated carbocycles. The molecule has 1 rings (SSSR count). The van der Waals surface area contributed by atoms with Gasteiger partial charge in [-0.05, 0) is 33.0 Å². The number of nitrogens with zero attached hydrogens (tertiary/aromatic N) is 1. The average molecular weight is 191 g/mol. The van der Waals surface area contributed by atoms with Crippen LogP contribution in [0.2, 0.25) is 0 Å². The van der Waals surface area contributed by atoms with Gasteiger partial charge in [0.05, 0.1) is 5.54 Å². The maximum atomic E-state index is 11.0. The maximum Gasteiger partial charge on any atom is 0.140 e. The Morgan fingerprint density at radius 1 is 1.29 bits per heavy atom. The first-order valence-corrected chi connectivity index (χ1v) is 4.76. The lowest BCUT2D eigenvalue weighted by molar-refractivity contribution is -0.116. The van der Waals surface area contributed by atoms with Crippen molar-refractivity contribution in [2.24, 2.45) is 0 Å². The van der Waals surface area contributed by atoms with Gasteiger partial charge in [0.2, 0.25) is 0 Å². The van der Waals surface area contributed by atoms with E-state index in [2.05, 4.69) is 0 Å². The van der Waals surface area contributed by atoms with Crippen LogP contribution in [-0.2, 0) is 11.2 Å². The van der Waals surface area contributed by atoms with Crippen molar-refractivity contribution in [1.29, 1.82) is 0 Å².